The van der Waals surface area contributed by atoms with Crippen molar-refractivity contribution in [2.75, 3.05) is 14.2 Å². The first kappa shape index (κ1) is 15.3. The molecule has 3 nitrogen and oxygen atoms in total. The largest absolute Gasteiger partial charge is 0.496 e. The molecule has 112 valence electrons. The van der Waals surface area contributed by atoms with Crippen molar-refractivity contribution in [1.29, 1.82) is 0 Å². The summed E-state index contributed by atoms with van der Waals surface area (Å²) in [4.78, 5) is 2.44. The molecular formula is C17H27NO2. The maximum atomic E-state index is 9.29. The number of hydrogen-bond donors (Lipinski definition) is 1. The van der Waals surface area contributed by atoms with Crippen LogP contribution in [0.5, 0.6) is 5.75 Å². The fourth-order valence-corrected chi connectivity index (χ4v) is 3.25. The first-order chi connectivity index (χ1) is 9.63. The third-order valence-corrected chi connectivity index (χ3v) is 4.48. The van der Waals surface area contributed by atoms with E-state index in [4.69, 9.17) is 4.74 Å². The van der Waals surface area contributed by atoms with Crippen LogP contribution in [-0.4, -0.2) is 30.2 Å². The van der Waals surface area contributed by atoms with Gasteiger partial charge in [-0.05, 0) is 43.5 Å². The van der Waals surface area contributed by atoms with Crippen LogP contribution in [0.3, 0.4) is 0 Å². The predicted molar refractivity (Wildman–Crippen MR) is 81.8 cm³/mol. The summed E-state index contributed by atoms with van der Waals surface area (Å²) in [6.07, 6.45) is 5.29. The average molecular weight is 277 g/mol. The Kier molecular flexibility index (Phi) is 5.44. The van der Waals surface area contributed by atoms with Gasteiger partial charge in [-0.1, -0.05) is 25.8 Å². The van der Waals surface area contributed by atoms with E-state index in [2.05, 4.69) is 24.9 Å². The van der Waals surface area contributed by atoms with Crippen LogP contribution < -0.4 is 4.74 Å². The zero-order valence-electron chi connectivity index (χ0n) is 12.9. The predicted octanol–water partition coefficient (Wildman–Crippen LogP) is 3.20. The number of rotatable bonds is 5. The Balaban J connectivity index is 2.07. The van der Waals surface area contributed by atoms with Gasteiger partial charge in [0.1, 0.15) is 5.75 Å². The maximum Gasteiger partial charge on any atom is 0.123 e. The molecule has 0 radical (unpaired) electrons. The van der Waals surface area contributed by atoms with Crippen LogP contribution in [-0.2, 0) is 13.2 Å². The molecule has 1 aliphatic carbocycles. The lowest BCUT2D eigenvalue weighted by molar-refractivity contribution is 0.156. The van der Waals surface area contributed by atoms with E-state index in [0.29, 0.717) is 6.04 Å². The molecule has 0 spiro atoms. The van der Waals surface area contributed by atoms with Crippen molar-refractivity contribution in [3.63, 3.8) is 0 Å². The SMILES string of the molecule is COc1ccc(CO)cc1CN(C)C1CCCC(C)C1. The van der Waals surface area contributed by atoms with Crippen molar-refractivity contribution >= 4 is 0 Å². The van der Waals surface area contributed by atoms with Crippen LogP contribution in [0.15, 0.2) is 18.2 Å². The van der Waals surface area contributed by atoms with Gasteiger partial charge < -0.3 is 9.84 Å². The molecule has 1 aromatic carbocycles. The minimum atomic E-state index is 0.0845. The monoisotopic (exact) mass is 277 g/mol. The van der Waals surface area contributed by atoms with E-state index in [1.165, 1.54) is 31.2 Å². The van der Waals surface area contributed by atoms with E-state index in [1.54, 1.807) is 7.11 Å². The number of aliphatic hydroxyl groups excluding tert-OH is 1. The summed E-state index contributed by atoms with van der Waals surface area (Å²) in [5, 5.41) is 9.29. The molecule has 1 saturated carbocycles. The van der Waals surface area contributed by atoms with Crippen molar-refractivity contribution < 1.29 is 9.84 Å². The quantitative estimate of drug-likeness (QED) is 0.897. The van der Waals surface area contributed by atoms with E-state index in [1.807, 2.05) is 12.1 Å². The minimum absolute atomic E-state index is 0.0845. The number of benzene rings is 1. The van der Waals surface area contributed by atoms with Crippen LogP contribution in [0.4, 0.5) is 0 Å². The van der Waals surface area contributed by atoms with Gasteiger partial charge in [-0.15, -0.1) is 0 Å². The van der Waals surface area contributed by atoms with Gasteiger partial charge in [0.2, 0.25) is 0 Å². The fourth-order valence-electron chi connectivity index (χ4n) is 3.25. The Morgan fingerprint density at radius 3 is 2.80 bits per heavy atom. The van der Waals surface area contributed by atoms with Crippen molar-refractivity contribution in [2.45, 2.75) is 51.8 Å². The molecule has 0 bridgehead atoms. The van der Waals surface area contributed by atoms with Gasteiger partial charge >= 0.3 is 0 Å². The lowest BCUT2D eigenvalue weighted by Crippen LogP contribution is -2.35. The van der Waals surface area contributed by atoms with Crippen molar-refractivity contribution in [2.24, 2.45) is 5.92 Å². The molecule has 0 saturated heterocycles. The van der Waals surface area contributed by atoms with E-state index in [-0.39, 0.29) is 6.61 Å². The molecule has 0 amide bonds. The van der Waals surface area contributed by atoms with Crippen LogP contribution in [0.1, 0.15) is 43.7 Å². The van der Waals surface area contributed by atoms with Gasteiger partial charge in [0.05, 0.1) is 13.7 Å². The number of hydrogen-bond acceptors (Lipinski definition) is 3. The summed E-state index contributed by atoms with van der Waals surface area (Å²) < 4.78 is 5.45. The summed E-state index contributed by atoms with van der Waals surface area (Å²) in [6.45, 7) is 3.32. The number of nitrogens with zero attached hydrogens (tertiary/aromatic N) is 1. The van der Waals surface area contributed by atoms with Crippen LogP contribution >= 0.6 is 0 Å². The number of methoxy groups -OCH3 is 1. The fraction of sp³-hybridized carbons (Fsp3) is 0.647. The minimum Gasteiger partial charge on any atom is -0.496 e. The Bertz CT molecular complexity index is 433. The molecule has 2 unspecified atom stereocenters. The molecule has 0 aromatic heterocycles. The summed E-state index contributed by atoms with van der Waals surface area (Å²) >= 11 is 0. The van der Waals surface area contributed by atoms with Gasteiger partial charge in [0, 0.05) is 18.2 Å². The first-order valence-corrected chi connectivity index (χ1v) is 7.61. The van der Waals surface area contributed by atoms with Crippen LogP contribution in [0.2, 0.25) is 0 Å². The van der Waals surface area contributed by atoms with Crippen LogP contribution in [0.25, 0.3) is 0 Å². The van der Waals surface area contributed by atoms with Gasteiger partial charge in [-0.25, -0.2) is 0 Å². The van der Waals surface area contributed by atoms with Crippen LogP contribution in [0, 0.1) is 5.92 Å². The Hall–Kier alpha value is -1.06. The second kappa shape index (κ2) is 7.09. The lowest BCUT2D eigenvalue weighted by atomic mass is 9.86. The Labute approximate surface area is 122 Å². The molecule has 0 heterocycles. The summed E-state index contributed by atoms with van der Waals surface area (Å²) in [5.74, 6) is 1.75. The molecule has 1 fully saturated rings. The highest BCUT2D eigenvalue weighted by Crippen LogP contribution is 2.29. The van der Waals surface area contributed by atoms with E-state index in [0.717, 1.165) is 23.8 Å². The molecule has 1 aromatic rings. The normalized spacial score (nSPS) is 23.1. The molecule has 2 rings (SSSR count). The molecule has 3 heteroatoms. The molecule has 1 aliphatic rings. The third-order valence-electron chi connectivity index (χ3n) is 4.48. The van der Waals surface area contributed by atoms with Gasteiger partial charge in [-0.2, -0.15) is 0 Å². The van der Waals surface area contributed by atoms with E-state index in [9.17, 15) is 5.11 Å². The molecule has 2 atom stereocenters. The highest BCUT2D eigenvalue weighted by Gasteiger charge is 2.23. The summed E-state index contributed by atoms with van der Waals surface area (Å²) in [6, 6.07) is 6.60. The average Bonchev–Trinajstić information content (AvgIpc) is 2.47. The van der Waals surface area contributed by atoms with Crippen molar-refractivity contribution in [3.05, 3.63) is 29.3 Å². The topological polar surface area (TPSA) is 32.7 Å². The summed E-state index contributed by atoms with van der Waals surface area (Å²) in [7, 11) is 3.91. The lowest BCUT2D eigenvalue weighted by Gasteiger charge is -2.34. The molecule has 0 aliphatic heterocycles. The second-order valence-electron chi connectivity index (χ2n) is 6.15. The highest BCUT2D eigenvalue weighted by molar-refractivity contribution is 5.37. The van der Waals surface area contributed by atoms with Gasteiger partial charge in [0.25, 0.3) is 0 Å². The Morgan fingerprint density at radius 1 is 1.35 bits per heavy atom. The Morgan fingerprint density at radius 2 is 2.15 bits per heavy atom. The molecular weight excluding hydrogens is 250 g/mol. The summed E-state index contributed by atoms with van der Waals surface area (Å²) in [5.41, 5.74) is 2.12. The number of ether oxygens (including phenoxy) is 1. The van der Waals surface area contributed by atoms with Gasteiger partial charge in [0.15, 0.2) is 0 Å². The molecule has 1 N–H and O–H groups in total. The second-order valence-corrected chi connectivity index (χ2v) is 6.15. The smallest absolute Gasteiger partial charge is 0.123 e. The van der Waals surface area contributed by atoms with Crippen molar-refractivity contribution in [3.8, 4) is 5.75 Å². The highest BCUT2D eigenvalue weighted by atomic mass is 16.5. The van der Waals surface area contributed by atoms with Gasteiger partial charge in [-0.3, -0.25) is 4.90 Å². The standard InChI is InChI=1S/C17H27NO2/c1-13-5-4-6-16(9-13)18(2)11-15-10-14(12-19)7-8-17(15)20-3/h7-8,10,13,16,19H,4-6,9,11-12H2,1-3H3. The third kappa shape index (κ3) is 3.74. The molecule has 20 heavy (non-hydrogen) atoms. The zero-order chi connectivity index (χ0) is 14.5. The van der Waals surface area contributed by atoms with Crippen molar-refractivity contribution in [1.82, 2.24) is 4.90 Å². The first-order valence-electron chi connectivity index (χ1n) is 7.61. The zero-order valence-corrected chi connectivity index (χ0v) is 12.9. The maximum absolute atomic E-state index is 9.29. The number of aliphatic hydroxyl groups is 1. The van der Waals surface area contributed by atoms with E-state index < -0.39 is 0 Å². The van der Waals surface area contributed by atoms with E-state index >= 15 is 0 Å².